The quantitative estimate of drug-likeness (QED) is 0.607. The molecule has 1 aromatic carbocycles. The van der Waals surface area contributed by atoms with E-state index in [9.17, 15) is 13.2 Å². The minimum atomic E-state index is -3.78. The van der Waals surface area contributed by atoms with Crippen LogP contribution in [0, 0.1) is 0 Å². The fraction of sp³-hybridized carbons (Fsp3) is 0.476. The Hall–Kier alpha value is -2.96. The van der Waals surface area contributed by atoms with Gasteiger partial charge < -0.3 is 25.2 Å². The van der Waals surface area contributed by atoms with Gasteiger partial charge in [0.2, 0.25) is 10.0 Å². The Balaban J connectivity index is 1.45. The SMILES string of the molecule is COc1ccc(S(=O)(=O)N2CCN(c3cc(N4CCN(C)CC4)ncn3)CC2)cc1C(N)=O. The number of aromatic nitrogens is 2. The van der Waals surface area contributed by atoms with E-state index in [1.165, 1.54) is 29.6 Å². The number of nitrogens with two attached hydrogens (primary N) is 1. The molecule has 0 saturated carbocycles. The number of methoxy groups -OCH3 is 1. The van der Waals surface area contributed by atoms with Crippen LogP contribution in [0.25, 0.3) is 0 Å². The number of hydrogen-bond donors (Lipinski definition) is 1. The molecule has 1 amide bonds. The predicted molar refractivity (Wildman–Crippen MR) is 124 cm³/mol. The van der Waals surface area contributed by atoms with Crippen LogP contribution in [-0.2, 0) is 10.0 Å². The van der Waals surface area contributed by atoms with Crippen LogP contribution in [-0.4, -0.2) is 100 Å². The lowest BCUT2D eigenvalue weighted by Gasteiger charge is -2.36. The highest BCUT2D eigenvalue weighted by molar-refractivity contribution is 7.89. The Morgan fingerprint density at radius 1 is 0.939 bits per heavy atom. The molecule has 0 spiro atoms. The second-order valence-corrected chi connectivity index (χ2v) is 10.1. The number of sulfonamides is 1. The smallest absolute Gasteiger partial charge is 0.252 e. The van der Waals surface area contributed by atoms with Gasteiger partial charge >= 0.3 is 0 Å². The molecule has 2 aromatic rings. The van der Waals surface area contributed by atoms with Crippen molar-refractivity contribution in [3.05, 3.63) is 36.2 Å². The van der Waals surface area contributed by atoms with Crippen molar-refractivity contribution >= 4 is 27.6 Å². The van der Waals surface area contributed by atoms with Crippen LogP contribution in [0.4, 0.5) is 11.6 Å². The van der Waals surface area contributed by atoms with Crippen molar-refractivity contribution < 1.29 is 17.9 Å². The Morgan fingerprint density at radius 2 is 1.52 bits per heavy atom. The van der Waals surface area contributed by atoms with Crippen molar-refractivity contribution in [1.29, 1.82) is 0 Å². The summed E-state index contributed by atoms with van der Waals surface area (Å²) in [6.07, 6.45) is 1.56. The molecule has 3 heterocycles. The zero-order chi connectivity index (χ0) is 23.6. The Labute approximate surface area is 193 Å². The fourth-order valence-corrected chi connectivity index (χ4v) is 5.51. The molecular formula is C21H29N7O4S. The number of piperazine rings is 2. The molecule has 2 N–H and O–H groups in total. The molecule has 33 heavy (non-hydrogen) atoms. The van der Waals surface area contributed by atoms with Crippen molar-refractivity contribution in [2.24, 2.45) is 5.73 Å². The Morgan fingerprint density at radius 3 is 2.06 bits per heavy atom. The largest absolute Gasteiger partial charge is 0.496 e. The van der Waals surface area contributed by atoms with Crippen LogP contribution in [0.15, 0.2) is 35.5 Å². The van der Waals surface area contributed by atoms with E-state index < -0.39 is 15.9 Å². The van der Waals surface area contributed by atoms with Crippen LogP contribution >= 0.6 is 0 Å². The number of likely N-dealkylation sites (N-methyl/N-ethyl adjacent to an activating group) is 1. The molecule has 11 nitrogen and oxygen atoms in total. The van der Waals surface area contributed by atoms with Gasteiger partial charge in [0.05, 0.1) is 17.6 Å². The molecule has 178 valence electrons. The van der Waals surface area contributed by atoms with Gasteiger partial charge in [0.15, 0.2) is 0 Å². The van der Waals surface area contributed by atoms with Gasteiger partial charge in [-0.15, -0.1) is 0 Å². The van der Waals surface area contributed by atoms with Gasteiger partial charge in [0, 0.05) is 58.4 Å². The molecule has 0 radical (unpaired) electrons. The maximum Gasteiger partial charge on any atom is 0.252 e. The number of nitrogens with zero attached hydrogens (tertiary/aromatic N) is 6. The molecular weight excluding hydrogens is 446 g/mol. The number of benzene rings is 1. The van der Waals surface area contributed by atoms with Crippen LogP contribution in [0.2, 0.25) is 0 Å². The highest BCUT2D eigenvalue weighted by Gasteiger charge is 2.30. The van der Waals surface area contributed by atoms with Crippen LogP contribution in [0.5, 0.6) is 5.75 Å². The lowest BCUT2D eigenvalue weighted by atomic mass is 10.2. The first-order valence-corrected chi connectivity index (χ1v) is 12.2. The number of ether oxygens (including phenoxy) is 1. The second-order valence-electron chi connectivity index (χ2n) is 8.14. The van der Waals surface area contributed by atoms with Gasteiger partial charge in [-0.05, 0) is 25.2 Å². The summed E-state index contributed by atoms with van der Waals surface area (Å²) in [4.78, 5) is 27.2. The third kappa shape index (κ3) is 4.87. The molecule has 0 bridgehead atoms. The summed E-state index contributed by atoms with van der Waals surface area (Å²) >= 11 is 0. The first kappa shape index (κ1) is 23.2. The van der Waals surface area contributed by atoms with Crippen LogP contribution in [0.3, 0.4) is 0 Å². The minimum absolute atomic E-state index is 0.0185. The number of anilines is 2. The molecule has 2 aliphatic rings. The van der Waals surface area contributed by atoms with E-state index in [2.05, 4.69) is 31.7 Å². The Bertz CT molecular complexity index is 1110. The molecule has 12 heteroatoms. The van der Waals surface area contributed by atoms with E-state index in [1.807, 2.05) is 6.07 Å². The van der Waals surface area contributed by atoms with E-state index in [0.717, 1.165) is 37.8 Å². The van der Waals surface area contributed by atoms with Gasteiger partial charge in [-0.3, -0.25) is 4.79 Å². The standard InChI is InChI=1S/C21H29N7O4S/c1-25-5-7-26(8-6-25)19-14-20(24-15-23-19)27-9-11-28(12-10-27)33(30,31)16-3-4-18(32-2)17(13-16)21(22)29/h3-4,13-15H,5-12H2,1-2H3,(H2,22,29). The van der Waals surface area contributed by atoms with Crippen molar-refractivity contribution in [1.82, 2.24) is 19.2 Å². The number of rotatable bonds is 6. The molecule has 0 unspecified atom stereocenters. The van der Waals surface area contributed by atoms with Crippen molar-refractivity contribution in [2.75, 3.05) is 76.3 Å². The lowest BCUT2D eigenvalue weighted by Crippen LogP contribution is -2.49. The number of hydrogen-bond acceptors (Lipinski definition) is 9. The highest BCUT2D eigenvalue weighted by atomic mass is 32.2. The maximum absolute atomic E-state index is 13.2. The van der Waals surface area contributed by atoms with Crippen molar-refractivity contribution in [3.8, 4) is 5.75 Å². The summed E-state index contributed by atoms with van der Waals surface area (Å²) in [5.74, 6) is 1.18. The minimum Gasteiger partial charge on any atom is -0.496 e. The van der Waals surface area contributed by atoms with Gasteiger partial charge in [-0.2, -0.15) is 4.31 Å². The van der Waals surface area contributed by atoms with Crippen LogP contribution < -0.4 is 20.3 Å². The van der Waals surface area contributed by atoms with Gasteiger partial charge in [0.25, 0.3) is 5.91 Å². The summed E-state index contributed by atoms with van der Waals surface area (Å²) in [6.45, 7) is 5.39. The molecule has 2 fully saturated rings. The molecule has 4 rings (SSSR count). The molecule has 1 aromatic heterocycles. The second kappa shape index (κ2) is 9.49. The third-order valence-corrected chi connectivity index (χ3v) is 8.00. The van der Waals surface area contributed by atoms with E-state index >= 15 is 0 Å². The third-order valence-electron chi connectivity index (χ3n) is 6.10. The lowest BCUT2D eigenvalue weighted by molar-refractivity contribution is 0.0997. The number of primary amides is 1. The first-order chi connectivity index (χ1) is 15.8. The van der Waals surface area contributed by atoms with E-state index in [-0.39, 0.29) is 16.2 Å². The Kier molecular flexibility index (Phi) is 6.68. The highest BCUT2D eigenvalue weighted by Crippen LogP contribution is 2.26. The number of carbonyl (C=O) groups is 1. The monoisotopic (exact) mass is 475 g/mol. The summed E-state index contributed by atoms with van der Waals surface area (Å²) < 4.78 is 32.9. The van der Waals surface area contributed by atoms with Gasteiger partial charge in [0.1, 0.15) is 23.7 Å². The summed E-state index contributed by atoms with van der Waals surface area (Å²) in [7, 11) is -0.273. The van der Waals surface area contributed by atoms with E-state index in [4.69, 9.17) is 10.5 Å². The number of carbonyl (C=O) groups excluding carboxylic acids is 1. The summed E-state index contributed by atoms with van der Waals surface area (Å²) in [6, 6.07) is 6.12. The van der Waals surface area contributed by atoms with Crippen molar-refractivity contribution in [2.45, 2.75) is 4.90 Å². The van der Waals surface area contributed by atoms with Gasteiger partial charge in [-0.25, -0.2) is 18.4 Å². The topological polar surface area (TPSA) is 125 Å². The zero-order valence-electron chi connectivity index (χ0n) is 18.8. The number of amides is 1. The van der Waals surface area contributed by atoms with Crippen LogP contribution in [0.1, 0.15) is 10.4 Å². The average molecular weight is 476 g/mol. The molecule has 0 atom stereocenters. The fourth-order valence-electron chi connectivity index (χ4n) is 4.07. The maximum atomic E-state index is 13.2. The van der Waals surface area contributed by atoms with Gasteiger partial charge in [-0.1, -0.05) is 0 Å². The predicted octanol–water partition coefficient (Wildman–Crippen LogP) is -0.153. The zero-order valence-corrected chi connectivity index (χ0v) is 19.7. The van der Waals surface area contributed by atoms with E-state index in [0.29, 0.717) is 26.2 Å². The molecule has 2 saturated heterocycles. The first-order valence-electron chi connectivity index (χ1n) is 10.8. The summed E-state index contributed by atoms with van der Waals surface area (Å²) in [5, 5.41) is 0. The normalized spacial score (nSPS) is 18.4. The van der Waals surface area contributed by atoms with Crippen molar-refractivity contribution in [3.63, 3.8) is 0 Å². The van der Waals surface area contributed by atoms with E-state index in [1.54, 1.807) is 6.33 Å². The molecule has 0 aliphatic carbocycles. The molecule has 2 aliphatic heterocycles. The summed E-state index contributed by atoms with van der Waals surface area (Å²) in [5.41, 5.74) is 5.42. The average Bonchev–Trinajstić information content (AvgIpc) is 2.84.